The first kappa shape index (κ1) is 12.5. The maximum Gasteiger partial charge on any atom is 0.231 e. The minimum Gasteiger partial charge on any atom is -0.374 e. The van der Waals surface area contributed by atoms with Gasteiger partial charge in [-0.2, -0.15) is 4.98 Å². The van der Waals surface area contributed by atoms with Crippen molar-refractivity contribution in [2.75, 3.05) is 13.7 Å². The molecule has 2 rings (SSSR count). The topological polar surface area (TPSA) is 60.2 Å². The number of nitrogens with one attached hydrogen (secondary N) is 1. The molecule has 5 heteroatoms. The first-order chi connectivity index (χ1) is 8.26. The summed E-state index contributed by atoms with van der Waals surface area (Å²) in [5.41, 5.74) is 0. The first-order valence-electron chi connectivity index (χ1n) is 6.36. The van der Waals surface area contributed by atoms with Crippen LogP contribution < -0.4 is 5.32 Å². The molecule has 0 saturated heterocycles. The second kappa shape index (κ2) is 5.60. The smallest absolute Gasteiger partial charge is 0.231 e. The van der Waals surface area contributed by atoms with Crippen molar-refractivity contribution in [1.29, 1.82) is 0 Å². The molecular weight excluding hydrogens is 218 g/mol. The molecule has 1 heterocycles. The van der Waals surface area contributed by atoms with Crippen LogP contribution in [0.25, 0.3) is 0 Å². The fraction of sp³-hybridized carbons (Fsp3) is 0.833. The van der Waals surface area contributed by atoms with Crippen molar-refractivity contribution in [1.82, 2.24) is 15.5 Å². The Kier molecular flexibility index (Phi) is 4.12. The second-order valence-electron chi connectivity index (χ2n) is 4.57. The lowest BCUT2D eigenvalue weighted by molar-refractivity contribution is 0.109. The van der Waals surface area contributed by atoms with E-state index < -0.39 is 0 Å². The summed E-state index contributed by atoms with van der Waals surface area (Å²) in [6.45, 7) is 5.03. The molecule has 0 radical (unpaired) electrons. The molecule has 1 aromatic rings. The van der Waals surface area contributed by atoms with Crippen LogP contribution in [0.2, 0.25) is 0 Å². The Morgan fingerprint density at radius 3 is 3.06 bits per heavy atom. The molecule has 1 aliphatic carbocycles. The van der Waals surface area contributed by atoms with Gasteiger partial charge in [0.1, 0.15) is 6.10 Å². The number of ether oxygens (including phenoxy) is 1. The Hall–Kier alpha value is -0.940. The molecule has 96 valence electrons. The van der Waals surface area contributed by atoms with Crippen LogP contribution in [-0.2, 0) is 4.74 Å². The van der Waals surface area contributed by atoms with E-state index in [9.17, 15) is 0 Å². The maximum atomic E-state index is 5.37. The number of methoxy groups -OCH3 is 1. The molecule has 1 aromatic heterocycles. The van der Waals surface area contributed by atoms with E-state index in [1.807, 2.05) is 6.92 Å². The average molecular weight is 239 g/mol. The maximum absolute atomic E-state index is 5.37. The predicted molar refractivity (Wildman–Crippen MR) is 63.8 cm³/mol. The highest BCUT2D eigenvalue weighted by atomic mass is 16.5. The summed E-state index contributed by atoms with van der Waals surface area (Å²) in [4.78, 5) is 4.45. The molecular formula is C12H21N3O2. The van der Waals surface area contributed by atoms with E-state index in [0.29, 0.717) is 17.8 Å². The Morgan fingerprint density at radius 1 is 1.53 bits per heavy atom. The molecule has 1 N–H and O–H groups in total. The van der Waals surface area contributed by atoms with E-state index in [4.69, 9.17) is 9.26 Å². The molecule has 0 aromatic carbocycles. The van der Waals surface area contributed by atoms with Gasteiger partial charge >= 0.3 is 0 Å². The summed E-state index contributed by atoms with van der Waals surface area (Å²) in [5, 5.41) is 7.47. The van der Waals surface area contributed by atoms with Gasteiger partial charge in [0, 0.05) is 13.2 Å². The second-order valence-corrected chi connectivity index (χ2v) is 4.57. The van der Waals surface area contributed by atoms with E-state index in [-0.39, 0.29) is 6.10 Å². The summed E-state index contributed by atoms with van der Waals surface area (Å²) in [5.74, 6) is 1.76. The molecule has 1 fully saturated rings. The highest BCUT2D eigenvalue weighted by Gasteiger charge is 2.32. The standard InChI is InChI=1S/C12H21N3O2/c1-4-13-10-7-5-6-9(10)12-14-11(15-17-12)8(2)16-3/h8-10,13H,4-7H2,1-3H3. The van der Waals surface area contributed by atoms with E-state index >= 15 is 0 Å². The largest absolute Gasteiger partial charge is 0.374 e. The Labute approximate surface area is 102 Å². The summed E-state index contributed by atoms with van der Waals surface area (Å²) in [6.07, 6.45) is 3.43. The van der Waals surface area contributed by atoms with Gasteiger partial charge in [-0.25, -0.2) is 0 Å². The van der Waals surface area contributed by atoms with Crippen LogP contribution in [-0.4, -0.2) is 29.8 Å². The lowest BCUT2D eigenvalue weighted by atomic mass is 10.0. The van der Waals surface area contributed by atoms with Crippen LogP contribution in [0.1, 0.15) is 56.8 Å². The summed E-state index contributed by atoms with van der Waals surface area (Å²) < 4.78 is 10.6. The summed E-state index contributed by atoms with van der Waals surface area (Å²) >= 11 is 0. The van der Waals surface area contributed by atoms with Crippen LogP contribution >= 0.6 is 0 Å². The zero-order chi connectivity index (χ0) is 12.3. The fourth-order valence-electron chi connectivity index (χ4n) is 2.43. The van der Waals surface area contributed by atoms with E-state index in [1.165, 1.54) is 12.8 Å². The Bertz CT molecular complexity index is 353. The summed E-state index contributed by atoms with van der Waals surface area (Å²) in [7, 11) is 1.65. The van der Waals surface area contributed by atoms with E-state index in [2.05, 4.69) is 22.4 Å². The van der Waals surface area contributed by atoms with Gasteiger partial charge in [-0.05, 0) is 26.3 Å². The number of hydrogen-bond donors (Lipinski definition) is 1. The SMILES string of the molecule is CCNC1CCCC1c1nc(C(C)OC)no1. The quantitative estimate of drug-likeness (QED) is 0.851. The number of hydrogen-bond acceptors (Lipinski definition) is 5. The van der Waals surface area contributed by atoms with Crippen molar-refractivity contribution < 1.29 is 9.26 Å². The third kappa shape index (κ3) is 2.66. The average Bonchev–Trinajstić information content (AvgIpc) is 2.96. The van der Waals surface area contributed by atoms with Crippen molar-refractivity contribution in [2.24, 2.45) is 0 Å². The highest BCUT2D eigenvalue weighted by Crippen LogP contribution is 2.34. The summed E-state index contributed by atoms with van der Waals surface area (Å²) in [6, 6.07) is 0.478. The number of nitrogens with zero attached hydrogens (tertiary/aromatic N) is 2. The van der Waals surface area contributed by atoms with Gasteiger partial charge in [0.05, 0.1) is 5.92 Å². The lowest BCUT2D eigenvalue weighted by Gasteiger charge is -2.16. The number of likely N-dealkylation sites (N-methyl/N-ethyl adjacent to an activating group) is 1. The van der Waals surface area contributed by atoms with Gasteiger partial charge in [0.2, 0.25) is 5.89 Å². The monoisotopic (exact) mass is 239 g/mol. The van der Waals surface area contributed by atoms with Crippen molar-refractivity contribution >= 4 is 0 Å². The fourth-order valence-corrected chi connectivity index (χ4v) is 2.43. The van der Waals surface area contributed by atoms with Crippen LogP contribution in [0.5, 0.6) is 0 Å². The van der Waals surface area contributed by atoms with Crippen LogP contribution in [0.15, 0.2) is 4.52 Å². The van der Waals surface area contributed by atoms with Gasteiger partial charge in [-0.1, -0.05) is 18.5 Å². The van der Waals surface area contributed by atoms with Crippen molar-refractivity contribution in [3.63, 3.8) is 0 Å². The normalized spacial score (nSPS) is 26.3. The molecule has 0 spiro atoms. The molecule has 1 aliphatic rings. The molecule has 3 unspecified atom stereocenters. The lowest BCUT2D eigenvalue weighted by Crippen LogP contribution is -2.31. The third-order valence-electron chi connectivity index (χ3n) is 3.47. The highest BCUT2D eigenvalue weighted by molar-refractivity contribution is 5.03. The van der Waals surface area contributed by atoms with Gasteiger partial charge in [0.25, 0.3) is 0 Å². The minimum absolute atomic E-state index is 0.105. The molecule has 1 saturated carbocycles. The van der Waals surface area contributed by atoms with Crippen LogP contribution in [0, 0.1) is 0 Å². The van der Waals surface area contributed by atoms with Crippen LogP contribution in [0.3, 0.4) is 0 Å². The van der Waals surface area contributed by atoms with Gasteiger partial charge in [-0.15, -0.1) is 0 Å². The predicted octanol–water partition coefficient (Wildman–Crippen LogP) is 2.02. The molecule has 0 amide bonds. The van der Waals surface area contributed by atoms with Crippen LogP contribution in [0.4, 0.5) is 0 Å². The first-order valence-corrected chi connectivity index (χ1v) is 6.36. The Balaban J connectivity index is 2.08. The number of aromatic nitrogens is 2. The molecule has 17 heavy (non-hydrogen) atoms. The van der Waals surface area contributed by atoms with Crippen molar-refractivity contribution in [3.8, 4) is 0 Å². The van der Waals surface area contributed by atoms with Crippen molar-refractivity contribution in [2.45, 2.75) is 51.2 Å². The Morgan fingerprint density at radius 2 is 2.35 bits per heavy atom. The van der Waals surface area contributed by atoms with Gasteiger partial charge in [-0.3, -0.25) is 0 Å². The molecule has 3 atom stereocenters. The minimum atomic E-state index is -0.105. The molecule has 0 bridgehead atoms. The zero-order valence-electron chi connectivity index (χ0n) is 10.8. The molecule has 5 nitrogen and oxygen atoms in total. The van der Waals surface area contributed by atoms with Crippen molar-refractivity contribution in [3.05, 3.63) is 11.7 Å². The molecule has 0 aliphatic heterocycles. The van der Waals surface area contributed by atoms with E-state index in [1.54, 1.807) is 7.11 Å². The number of rotatable bonds is 5. The van der Waals surface area contributed by atoms with Gasteiger partial charge < -0.3 is 14.6 Å². The van der Waals surface area contributed by atoms with Gasteiger partial charge in [0.15, 0.2) is 5.82 Å². The van der Waals surface area contributed by atoms with E-state index in [0.717, 1.165) is 18.9 Å². The third-order valence-corrected chi connectivity index (χ3v) is 3.47. The zero-order valence-corrected chi connectivity index (χ0v) is 10.8.